The molecule has 0 fully saturated rings. The molecule has 104 valence electrons. The standard InChI is InChI=1S/C17H17ClFN/c18-15-9-11(5-8-16(15)19)10-17(20)14-7-6-12-3-1-2-4-13(12)14/h1-5,8-9,14,17H,6-7,10,20H2. The Morgan fingerprint density at radius 3 is 2.85 bits per heavy atom. The molecule has 1 nitrogen and oxygen atoms in total. The highest BCUT2D eigenvalue weighted by Crippen LogP contribution is 2.35. The number of hydrogen-bond donors (Lipinski definition) is 1. The fourth-order valence-corrected chi connectivity index (χ4v) is 3.32. The summed E-state index contributed by atoms with van der Waals surface area (Å²) in [6.07, 6.45) is 2.91. The minimum Gasteiger partial charge on any atom is -0.327 e. The summed E-state index contributed by atoms with van der Waals surface area (Å²) in [6.45, 7) is 0. The van der Waals surface area contributed by atoms with Gasteiger partial charge in [-0.1, -0.05) is 41.9 Å². The van der Waals surface area contributed by atoms with Crippen LogP contribution in [0.5, 0.6) is 0 Å². The number of fused-ring (bicyclic) bond motifs is 1. The SMILES string of the molecule is NC(Cc1ccc(F)c(Cl)c1)C1CCc2ccccc21. The maximum absolute atomic E-state index is 13.2. The first-order valence-corrected chi connectivity index (χ1v) is 7.30. The van der Waals surface area contributed by atoms with Crippen molar-refractivity contribution in [2.75, 3.05) is 0 Å². The zero-order chi connectivity index (χ0) is 14.1. The molecule has 1 aliphatic rings. The first-order chi connectivity index (χ1) is 9.65. The summed E-state index contributed by atoms with van der Waals surface area (Å²) < 4.78 is 13.2. The summed E-state index contributed by atoms with van der Waals surface area (Å²) in [6, 6.07) is 13.4. The maximum atomic E-state index is 13.2. The molecule has 2 aromatic carbocycles. The van der Waals surface area contributed by atoms with Crippen molar-refractivity contribution >= 4 is 11.6 Å². The molecule has 20 heavy (non-hydrogen) atoms. The minimum absolute atomic E-state index is 0.0418. The second-order valence-electron chi connectivity index (χ2n) is 5.46. The van der Waals surface area contributed by atoms with Gasteiger partial charge < -0.3 is 5.73 Å². The lowest BCUT2D eigenvalue weighted by molar-refractivity contribution is 0.524. The largest absolute Gasteiger partial charge is 0.327 e. The van der Waals surface area contributed by atoms with Crippen molar-refractivity contribution in [2.45, 2.75) is 31.2 Å². The maximum Gasteiger partial charge on any atom is 0.141 e. The number of rotatable bonds is 3. The number of benzene rings is 2. The number of halogens is 2. The molecule has 0 bridgehead atoms. The third kappa shape index (κ3) is 2.58. The normalized spacial score (nSPS) is 18.9. The lowest BCUT2D eigenvalue weighted by atomic mass is 9.89. The van der Waals surface area contributed by atoms with Gasteiger partial charge in [0, 0.05) is 6.04 Å². The molecule has 2 unspecified atom stereocenters. The molecule has 0 aromatic heterocycles. The van der Waals surface area contributed by atoms with Crippen LogP contribution in [0.2, 0.25) is 5.02 Å². The number of aryl methyl sites for hydroxylation is 1. The van der Waals surface area contributed by atoms with E-state index in [1.165, 1.54) is 17.2 Å². The first kappa shape index (κ1) is 13.6. The minimum atomic E-state index is -0.379. The average molecular weight is 290 g/mol. The van der Waals surface area contributed by atoms with Gasteiger partial charge in [0.25, 0.3) is 0 Å². The predicted molar refractivity (Wildman–Crippen MR) is 80.6 cm³/mol. The molecule has 0 amide bonds. The molecular weight excluding hydrogens is 273 g/mol. The van der Waals surface area contributed by atoms with E-state index in [9.17, 15) is 4.39 Å². The van der Waals surface area contributed by atoms with Crippen LogP contribution in [0, 0.1) is 5.82 Å². The smallest absolute Gasteiger partial charge is 0.141 e. The van der Waals surface area contributed by atoms with Gasteiger partial charge in [-0.2, -0.15) is 0 Å². The Kier molecular flexibility index (Phi) is 3.77. The van der Waals surface area contributed by atoms with E-state index in [2.05, 4.69) is 24.3 Å². The van der Waals surface area contributed by atoms with Crippen LogP contribution in [0.3, 0.4) is 0 Å². The lowest BCUT2D eigenvalue weighted by Crippen LogP contribution is -2.29. The van der Waals surface area contributed by atoms with Crippen LogP contribution >= 0.6 is 11.6 Å². The van der Waals surface area contributed by atoms with Crippen LogP contribution in [-0.4, -0.2) is 6.04 Å². The molecule has 0 radical (unpaired) electrons. The Balaban J connectivity index is 1.77. The van der Waals surface area contributed by atoms with Crippen LogP contribution in [0.15, 0.2) is 42.5 Å². The average Bonchev–Trinajstić information content (AvgIpc) is 2.87. The van der Waals surface area contributed by atoms with Crippen molar-refractivity contribution in [3.63, 3.8) is 0 Å². The zero-order valence-electron chi connectivity index (χ0n) is 11.2. The van der Waals surface area contributed by atoms with Crippen LogP contribution in [0.1, 0.15) is 29.0 Å². The number of nitrogens with two attached hydrogens (primary N) is 1. The molecule has 2 N–H and O–H groups in total. The molecule has 3 heteroatoms. The molecule has 0 heterocycles. The summed E-state index contributed by atoms with van der Waals surface area (Å²) >= 11 is 5.82. The van der Waals surface area contributed by atoms with Gasteiger partial charge in [-0.3, -0.25) is 0 Å². The van der Waals surface area contributed by atoms with E-state index < -0.39 is 0 Å². The Morgan fingerprint density at radius 1 is 1.25 bits per heavy atom. The van der Waals surface area contributed by atoms with Gasteiger partial charge in [0.1, 0.15) is 5.82 Å². The molecule has 1 aliphatic carbocycles. The second kappa shape index (κ2) is 5.55. The van der Waals surface area contributed by atoms with Gasteiger partial charge in [-0.15, -0.1) is 0 Å². The van der Waals surface area contributed by atoms with E-state index in [0.717, 1.165) is 24.8 Å². The van der Waals surface area contributed by atoms with Crippen LogP contribution in [0.25, 0.3) is 0 Å². The summed E-state index contributed by atoms with van der Waals surface area (Å²) in [4.78, 5) is 0. The van der Waals surface area contributed by atoms with Crippen LogP contribution in [0.4, 0.5) is 4.39 Å². The Labute approximate surface area is 123 Å². The van der Waals surface area contributed by atoms with E-state index in [4.69, 9.17) is 17.3 Å². The summed E-state index contributed by atoms with van der Waals surface area (Å²) in [7, 11) is 0. The Morgan fingerprint density at radius 2 is 2.05 bits per heavy atom. The van der Waals surface area contributed by atoms with Gasteiger partial charge in [0.2, 0.25) is 0 Å². The number of hydrogen-bond acceptors (Lipinski definition) is 1. The van der Waals surface area contributed by atoms with Gasteiger partial charge in [-0.25, -0.2) is 4.39 Å². The molecule has 2 aromatic rings. The quantitative estimate of drug-likeness (QED) is 0.905. The molecule has 3 rings (SSSR count). The van der Waals surface area contributed by atoms with Crippen molar-refractivity contribution < 1.29 is 4.39 Å². The topological polar surface area (TPSA) is 26.0 Å². The molecule has 2 atom stereocenters. The Hall–Kier alpha value is -1.38. The highest BCUT2D eigenvalue weighted by molar-refractivity contribution is 6.30. The highest BCUT2D eigenvalue weighted by Gasteiger charge is 2.27. The lowest BCUT2D eigenvalue weighted by Gasteiger charge is -2.20. The molecule has 0 aliphatic heterocycles. The molecule has 0 saturated heterocycles. The van der Waals surface area contributed by atoms with E-state index in [1.54, 1.807) is 12.1 Å². The first-order valence-electron chi connectivity index (χ1n) is 6.92. The van der Waals surface area contributed by atoms with Gasteiger partial charge in [0.05, 0.1) is 5.02 Å². The van der Waals surface area contributed by atoms with Crippen LogP contribution < -0.4 is 5.73 Å². The van der Waals surface area contributed by atoms with Gasteiger partial charge >= 0.3 is 0 Å². The third-order valence-electron chi connectivity index (χ3n) is 4.15. The summed E-state index contributed by atoms with van der Waals surface area (Å²) in [5.74, 6) is 0.00484. The highest BCUT2D eigenvalue weighted by atomic mass is 35.5. The predicted octanol–water partition coefficient (Wildman–Crippen LogP) is 4.08. The van der Waals surface area contributed by atoms with Gasteiger partial charge in [0.15, 0.2) is 0 Å². The van der Waals surface area contributed by atoms with Crippen molar-refractivity contribution in [1.82, 2.24) is 0 Å². The van der Waals surface area contributed by atoms with Crippen molar-refractivity contribution in [2.24, 2.45) is 5.73 Å². The van der Waals surface area contributed by atoms with E-state index >= 15 is 0 Å². The fraction of sp³-hybridized carbons (Fsp3) is 0.294. The second-order valence-corrected chi connectivity index (χ2v) is 5.87. The van der Waals surface area contributed by atoms with Crippen LogP contribution in [-0.2, 0) is 12.8 Å². The fourth-order valence-electron chi connectivity index (χ4n) is 3.12. The Bertz CT molecular complexity index is 626. The molecule has 0 saturated carbocycles. The molecule has 0 spiro atoms. The van der Waals surface area contributed by atoms with Crippen molar-refractivity contribution in [3.8, 4) is 0 Å². The van der Waals surface area contributed by atoms with Gasteiger partial charge in [-0.05, 0) is 54.0 Å². The van der Waals surface area contributed by atoms with E-state index in [1.807, 2.05) is 0 Å². The zero-order valence-corrected chi connectivity index (χ0v) is 11.9. The summed E-state index contributed by atoms with van der Waals surface area (Å²) in [5, 5.41) is 0.168. The van der Waals surface area contributed by atoms with Crippen molar-refractivity contribution in [1.29, 1.82) is 0 Å². The van der Waals surface area contributed by atoms with E-state index in [-0.39, 0.29) is 16.9 Å². The van der Waals surface area contributed by atoms with Crippen molar-refractivity contribution in [3.05, 3.63) is 70.0 Å². The molecular formula is C17H17ClFN. The monoisotopic (exact) mass is 289 g/mol. The summed E-state index contributed by atoms with van der Waals surface area (Å²) in [5.41, 5.74) is 10.1. The van der Waals surface area contributed by atoms with E-state index in [0.29, 0.717) is 5.92 Å². The third-order valence-corrected chi connectivity index (χ3v) is 4.44.